The highest BCUT2D eigenvalue weighted by atomic mass is 32.1. The van der Waals surface area contributed by atoms with E-state index in [1.54, 1.807) is 18.2 Å². The second-order valence-electron chi connectivity index (χ2n) is 5.09. The number of aliphatic carboxylic acids is 1. The Morgan fingerprint density at radius 3 is 2.75 bits per heavy atom. The van der Waals surface area contributed by atoms with Gasteiger partial charge in [0.1, 0.15) is 23.3 Å². The lowest BCUT2D eigenvalue weighted by Gasteiger charge is -2.11. The zero-order valence-electron chi connectivity index (χ0n) is 12.7. The number of rotatable bonds is 7. The van der Waals surface area contributed by atoms with Gasteiger partial charge in [0.05, 0.1) is 22.7 Å². The molecule has 0 spiro atoms. The van der Waals surface area contributed by atoms with Crippen molar-refractivity contribution < 1.29 is 24.5 Å². The molecular weight excluding hydrogens is 332 g/mol. The first kappa shape index (κ1) is 17.4. The molecule has 1 heterocycles. The molecule has 0 aliphatic carbocycles. The zero-order chi connectivity index (χ0) is 17.7. The van der Waals surface area contributed by atoms with Gasteiger partial charge in [-0.15, -0.1) is 11.3 Å². The Hall–Kier alpha value is -2.92. The van der Waals surface area contributed by atoms with Crippen LogP contribution >= 0.6 is 11.3 Å². The van der Waals surface area contributed by atoms with Crippen LogP contribution in [0.4, 0.5) is 0 Å². The first-order chi connectivity index (χ1) is 11.4. The number of carboxylic acids is 2. The van der Waals surface area contributed by atoms with E-state index >= 15 is 0 Å². The molecule has 0 amide bonds. The van der Waals surface area contributed by atoms with Crippen molar-refractivity contribution in [3.63, 3.8) is 0 Å². The van der Waals surface area contributed by atoms with Crippen molar-refractivity contribution in [2.24, 2.45) is 5.92 Å². The van der Waals surface area contributed by atoms with Crippen molar-refractivity contribution in [3.05, 3.63) is 45.4 Å². The third-order valence-electron chi connectivity index (χ3n) is 3.19. The van der Waals surface area contributed by atoms with Gasteiger partial charge in [0.25, 0.3) is 0 Å². The van der Waals surface area contributed by atoms with Crippen LogP contribution in [0, 0.1) is 17.2 Å². The van der Waals surface area contributed by atoms with Crippen LogP contribution in [0.5, 0.6) is 5.75 Å². The highest BCUT2D eigenvalue weighted by molar-refractivity contribution is 7.13. The summed E-state index contributed by atoms with van der Waals surface area (Å²) in [4.78, 5) is 25.9. The summed E-state index contributed by atoms with van der Waals surface area (Å²) in [5.74, 6) is -2.35. The number of aromatic nitrogens is 1. The lowest BCUT2D eigenvalue weighted by atomic mass is 10.1. The lowest BCUT2D eigenvalue weighted by molar-refractivity contribution is -0.142. The Bertz CT molecular complexity index is 809. The minimum atomic E-state index is -1.02. The molecule has 0 saturated carbocycles. The van der Waals surface area contributed by atoms with Crippen molar-refractivity contribution in [2.75, 3.05) is 6.61 Å². The molecule has 0 aliphatic rings. The molecule has 7 nitrogen and oxygen atoms in total. The van der Waals surface area contributed by atoms with Crippen LogP contribution in [0.3, 0.4) is 0 Å². The number of carboxylic acid groups (broad SMARTS) is 2. The van der Waals surface area contributed by atoms with Gasteiger partial charge >= 0.3 is 11.9 Å². The fourth-order valence-corrected chi connectivity index (χ4v) is 2.64. The number of nitrogens with zero attached hydrogens (tertiary/aromatic N) is 2. The van der Waals surface area contributed by atoms with Crippen molar-refractivity contribution in [1.82, 2.24) is 4.98 Å². The highest BCUT2D eigenvalue weighted by Gasteiger charge is 2.14. The Kier molecular flexibility index (Phi) is 5.50. The molecule has 1 aromatic heterocycles. The number of nitriles is 1. The quantitative estimate of drug-likeness (QED) is 0.789. The van der Waals surface area contributed by atoms with Crippen molar-refractivity contribution in [1.29, 1.82) is 5.26 Å². The van der Waals surface area contributed by atoms with Crippen LogP contribution < -0.4 is 4.74 Å². The molecule has 8 heteroatoms. The van der Waals surface area contributed by atoms with Gasteiger partial charge < -0.3 is 14.9 Å². The molecular formula is C16H14N2O5S. The molecule has 0 bridgehead atoms. The second-order valence-corrected chi connectivity index (χ2v) is 6.21. The molecule has 0 saturated heterocycles. The van der Waals surface area contributed by atoms with E-state index in [-0.39, 0.29) is 11.5 Å². The summed E-state index contributed by atoms with van der Waals surface area (Å²) in [6, 6.07) is 6.99. The molecule has 1 aromatic carbocycles. The van der Waals surface area contributed by atoms with E-state index < -0.39 is 17.9 Å². The molecule has 2 N–H and O–H groups in total. The maximum atomic E-state index is 10.9. The van der Waals surface area contributed by atoms with E-state index in [0.717, 1.165) is 16.9 Å². The molecule has 2 rings (SSSR count). The minimum absolute atomic E-state index is 0.0299. The Labute approximate surface area is 141 Å². The van der Waals surface area contributed by atoms with Gasteiger partial charge in [0.2, 0.25) is 0 Å². The molecule has 2 aromatic rings. The van der Waals surface area contributed by atoms with Gasteiger partial charge in [-0.2, -0.15) is 5.26 Å². The van der Waals surface area contributed by atoms with Gasteiger partial charge in [-0.1, -0.05) is 6.07 Å². The van der Waals surface area contributed by atoms with Gasteiger partial charge in [-0.05, 0) is 24.6 Å². The first-order valence-electron chi connectivity index (χ1n) is 6.97. The summed E-state index contributed by atoms with van der Waals surface area (Å²) in [5, 5.41) is 27.6. The summed E-state index contributed by atoms with van der Waals surface area (Å²) in [6.07, 6.45) is 1.71. The van der Waals surface area contributed by atoms with E-state index in [1.807, 2.05) is 6.07 Å². The topological polar surface area (TPSA) is 121 Å². The standard InChI is InChI=1S/C16H14N2O5S/c1-9(15(19)20)8-23-12-3-2-10(4-11(12)6-17)5-14-18-7-13(24-14)16(21)22/h2-4,7,9H,5,8H2,1H3,(H,19,20)(H,21,22). The van der Waals surface area contributed by atoms with Crippen molar-refractivity contribution in [3.8, 4) is 11.8 Å². The van der Waals surface area contributed by atoms with Gasteiger partial charge in [-0.3, -0.25) is 4.79 Å². The predicted molar refractivity (Wildman–Crippen MR) is 85.3 cm³/mol. The summed E-state index contributed by atoms with van der Waals surface area (Å²) in [5.41, 5.74) is 1.08. The normalized spacial score (nSPS) is 11.5. The number of hydrogen-bond donors (Lipinski definition) is 2. The summed E-state index contributed by atoms with van der Waals surface area (Å²) >= 11 is 1.08. The van der Waals surface area contributed by atoms with E-state index in [4.69, 9.17) is 14.9 Å². The maximum absolute atomic E-state index is 10.9. The van der Waals surface area contributed by atoms with Gasteiger partial charge in [-0.25, -0.2) is 9.78 Å². The van der Waals surface area contributed by atoms with Crippen LogP contribution in [0.15, 0.2) is 24.4 Å². The van der Waals surface area contributed by atoms with Crippen LogP contribution in [-0.4, -0.2) is 33.7 Å². The third-order valence-corrected chi connectivity index (χ3v) is 4.18. The Balaban J connectivity index is 2.11. The summed E-state index contributed by atoms with van der Waals surface area (Å²) in [6.45, 7) is 1.49. The summed E-state index contributed by atoms with van der Waals surface area (Å²) in [7, 11) is 0. The predicted octanol–water partition coefficient (Wildman–Crippen LogP) is 2.40. The maximum Gasteiger partial charge on any atom is 0.347 e. The summed E-state index contributed by atoms with van der Waals surface area (Å²) < 4.78 is 5.40. The van der Waals surface area contributed by atoms with Gasteiger partial charge in [0.15, 0.2) is 0 Å². The molecule has 0 aliphatic heterocycles. The zero-order valence-corrected chi connectivity index (χ0v) is 13.5. The molecule has 1 atom stereocenters. The van der Waals surface area contributed by atoms with E-state index in [2.05, 4.69) is 4.98 Å². The highest BCUT2D eigenvalue weighted by Crippen LogP contribution is 2.23. The molecule has 1 unspecified atom stereocenters. The SMILES string of the molecule is CC(COc1ccc(Cc2ncc(C(=O)O)s2)cc1C#N)C(=O)O. The second kappa shape index (κ2) is 7.57. The average molecular weight is 346 g/mol. The van der Waals surface area contributed by atoms with Crippen molar-refractivity contribution >= 4 is 23.3 Å². The van der Waals surface area contributed by atoms with Crippen LogP contribution in [-0.2, 0) is 11.2 Å². The first-order valence-corrected chi connectivity index (χ1v) is 7.79. The monoisotopic (exact) mass is 346 g/mol. The van der Waals surface area contributed by atoms with Gasteiger partial charge in [0, 0.05) is 6.42 Å². The number of hydrogen-bond acceptors (Lipinski definition) is 6. The average Bonchev–Trinajstić information content (AvgIpc) is 3.01. The van der Waals surface area contributed by atoms with Crippen LogP contribution in [0.1, 0.15) is 32.7 Å². The minimum Gasteiger partial charge on any atom is -0.491 e. The van der Waals surface area contributed by atoms with E-state index in [9.17, 15) is 14.9 Å². The fourth-order valence-electron chi connectivity index (χ4n) is 1.85. The third kappa shape index (κ3) is 4.30. The number of thiazole rings is 1. The van der Waals surface area contributed by atoms with Crippen molar-refractivity contribution in [2.45, 2.75) is 13.3 Å². The van der Waals surface area contributed by atoms with E-state index in [0.29, 0.717) is 22.7 Å². The largest absolute Gasteiger partial charge is 0.491 e. The Morgan fingerprint density at radius 1 is 1.42 bits per heavy atom. The molecule has 124 valence electrons. The molecule has 24 heavy (non-hydrogen) atoms. The number of benzene rings is 1. The fraction of sp³-hybridized carbons (Fsp3) is 0.250. The molecule has 0 radical (unpaired) electrons. The Morgan fingerprint density at radius 2 is 2.17 bits per heavy atom. The smallest absolute Gasteiger partial charge is 0.347 e. The number of ether oxygens (including phenoxy) is 1. The van der Waals surface area contributed by atoms with Crippen LogP contribution in [0.2, 0.25) is 0 Å². The lowest BCUT2D eigenvalue weighted by Crippen LogP contribution is -2.18. The van der Waals surface area contributed by atoms with Crippen LogP contribution in [0.25, 0.3) is 0 Å². The molecule has 0 fully saturated rings. The number of aromatic carboxylic acids is 1. The number of carbonyl (C=O) groups is 2. The van der Waals surface area contributed by atoms with E-state index in [1.165, 1.54) is 13.1 Å².